The Labute approximate surface area is 367 Å². The molecule has 17 nitrogen and oxygen atoms in total. The van der Waals surface area contributed by atoms with Crippen LogP contribution in [0.2, 0.25) is 0 Å². The second kappa shape index (κ2) is 19.7. The van der Waals surface area contributed by atoms with E-state index in [2.05, 4.69) is 30.1 Å². The van der Waals surface area contributed by atoms with E-state index in [4.69, 9.17) is 9.90 Å². The molecule has 3 aromatic carbocycles. The van der Waals surface area contributed by atoms with Crippen LogP contribution in [0, 0.1) is 17.5 Å². The predicted octanol–water partition coefficient (Wildman–Crippen LogP) is 4.13. The van der Waals surface area contributed by atoms with Crippen molar-refractivity contribution < 1.29 is 45.5 Å². The summed E-state index contributed by atoms with van der Waals surface area (Å²) in [7, 11) is -4.37. The number of aromatic nitrogens is 4. The Morgan fingerprint density at radius 1 is 0.908 bits per heavy atom. The van der Waals surface area contributed by atoms with Crippen LogP contribution >= 0.6 is 0 Å². The Bertz CT molecular complexity index is 2970. The monoisotopic (exact) mass is 919 g/mol. The van der Waals surface area contributed by atoms with Gasteiger partial charge in [0.1, 0.15) is 30.0 Å². The molecule has 2 saturated heterocycles. The fraction of sp³-hybridized carbons (Fsp3) is 0.256. The van der Waals surface area contributed by atoms with Crippen LogP contribution in [-0.2, 0) is 32.8 Å². The smallest absolute Gasteiger partial charge is 0.328 e. The van der Waals surface area contributed by atoms with Crippen molar-refractivity contribution >= 4 is 56.5 Å². The van der Waals surface area contributed by atoms with Gasteiger partial charge in [0.2, 0.25) is 11.7 Å². The average Bonchev–Trinajstić information content (AvgIpc) is 3.93. The van der Waals surface area contributed by atoms with Crippen molar-refractivity contribution in [1.29, 1.82) is 0 Å². The van der Waals surface area contributed by atoms with E-state index in [1.807, 2.05) is 29.0 Å². The summed E-state index contributed by atoms with van der Waals surface area (Å²) in [6, 6.07) is 16.8. The zero-order valence-electron chi connectivity index (χ0n) is 34.3. The van der Waals surface area contributed by atoms with Gasteiger partial charge in [-0.05, 0) is 60.4 Å². The van der Waals surface area contributed by atoms with Crippen LogP contribution < -0.4 is 26.2 Å². The van der Waals surface area contributed by atoms with E-state index in [1.54, 1.807) is 18.3 Å². The lowest BCUT2D eigenvalue weighted by Gasteiger charge is -2.36. The van der Waals surface area contributed by atoms with E-state index in [1.165, 1.54) is 24.5 Å². The molecule has 6 aromatic rings. The van der Waals surface area contributed by atoms with Crippen molar-refractivity contribution in [2.75, 3.05) is 60.8 Å². The molecule has 8 rings (SSSR count). The van der Waals surface area contributed by atoms with Gasteiger partial charge in [-0.25, -0.2) is 27.3 Å². The highest BCUT2D eigenvalue weighted by atomic mass is 32.2. The zero-order valence-corrected chi connectivity index (χ0v) is 35.1. The van der Waals surface area contributed by atoms with E-state index in [0.717, 1.165) is 64.3 Å². The molecule has 3 aromatic heterocycles. The Kier molecular flexibility index (Phi) is 13.9. The van der Waals surface area contributed by atoms with Crippen LogP contribution in [-0.4, -0.2) is 112 Å². The standard InChI is InChI=1S/C42H39F4N9O6S.CH2O2/c43-28-10-14-55(23-28)62(60,61)51-35-8-6-32(44)38(39(35)46)40(58)31-22-48-41-30(31)19-27(21-47-41)26-3-1-25(2-4-26)9-12-52-15-17-53(18-16-52)29-5-7-34(33(45)20-29)49-37(57)24-54-13-11-36(56)50-42(54)59;2-1-3/h1-8,11,13,19-22,28,51H,9-10,12,14-18,23-24H2,(H,47,48)(H,49,57)(H,50,56,59);1H,(H,2,3)/t28-;/m1./s1. The number of aromatic amines is 2. The molecule has 2 aliphatic rings. The number of ketones is 1. The van der Waals surface area contributed by atoms with Crippen molar-refractivity contribution in [3.8, 4) is 11.1 Å². The number of H-pyrrole nitrogens is 2. The molecule has 0 bridgehead atoms. The first-order valence-electron chi connectivity index (χ1n) is 20.1. The van der Waals surface area contributed by atoms with Crippen molar-refractivity contribution in [2.24, 2.45) is 0 Å². The molecule has 0 spiro atoms. The molecule has 340 valence electrons. The predicted molar refractivity (Wildman–Crippen MR) is 232 cm³/mol. The van der Waals surface area contributed by atoms with Crippen LogP contribution in [0.5, 0.6) is 0 Å². The summed E-state index contributed by atoms with van der Waals surface area (Å²) < 4.78 is 88.8. The number of pyridine rings is 1. The number of nitrogens with one attached hydrogen (secondary N) is 4. The Hall–Kier alpha value is -7.17. The number of fused-ring (bicyclic) bond motifs is 1. The Morgan fingerprint density at radius 3 is 2.31 bits per heavy atom. The van der Waals surface area contributed by atoms with Gasteiger partial charge < -0.3 is 20.3 Å². The number of halogens is 4. The number of carbonyl (C=O) groups is 3. The number of nitrogens with zero attached hydrogens (tertiary/aromatic N) is 5. The maximum atomic E-state index is 15.7. The zero-order chi connectivity index (χ0) is 46.4. The van der Waals surface area contributed by atoms with Gasteiger partial charge in [0, 0.05) is 92.7 Å². The summed E-state index contributed by atoms with van der Waals surface area (Å²) in [5.41, 5.74) is 0.418. The minimum Gasteiger partial charge on any atom is -0.483 e. The highest BCUT2D eigenvalue weighted by Crippen LogP contribution is 2.31. The number of alkyl halides is 1. The number of carbonyl (C=O) groups excluding carboxylic acids is 2. The quantitative estimate of drug-likeness (QED) is 0.0630. The number of piperazine rings is 1. The molecule has 0 unspecified atom stereocenters. The van der Waals surface area contributed by atoms with E-state index >= 15 is 13.2 Å². The molecule has 2 aliphatic heterocycles. The van der Waals surface area contributed by atoms with Crippen molar-refractivity contribution in [3.05, 3.63) is 140 Å². The highest BCUT2D eigenvalue weighted by molar-refractivity contribution is 7.90. The third-order valence-corrected chi connectivity index (χ3v) is 12.4. The Balaban J connectivity index is 0.00000204. The van der Waals surface area contributed by atoms with E-state index < -0.39 is 81.1 Å². The molecular formula is C43H41F4N9O8S. The maximum absolute atomic E-state index is 15.7. The van der Waals surface area contributed by atoms with Gasteiger partial charge in [-0.1, -0.05) is 24.3 Å². The molecule has 1 atom stereocenters. The lowest BCUT2D eigenvalue weighted by atomic mass is 9.99. The highest BCUT2D eigenvalue weighted by Gasteiger charge is 2.33. The number of amides is 1. The summed E-state index contributed by atoms with van der Waals surface area (Å²) in [6.07, 6.45) is 3.46. The largest absolute Gasteiger partial charge is 0.483 e. The lowest BCUT2D eigenvalue weighted by Crippen LogP contribution is -2.47. The van der Waals surface area contributed by atoms with Gasteiger partial charge in [-0.15, -0.1) is 0 Å². The fourth-order valence-corrected chi connectivity index (χ4v) is 8.80. The number of hydrogen-bond donors (Lipinski definition) is 5. The van der Waals surface area contributed by atoms with Gasteiger partial charge in [0.05, 0.1) is 16.9 Å². The van der Waals surface area contributed by atoms with E-state index in [-0.39, 0.29) is 30.7 Å². The third kappa shape index (κ3) is 10.6. The lowest BCUT2D eigenvalue weighted by molar-refractivity contribution is -0.123. The first-order valence-corrected chi connectivity index (χ1v) is 21.5. The molecule has 65 heavy (non-hydrogen) atoms. The normalized spacial score (nSPS) is 15.6. The SMILES string of the molecule is O=C(Cn1ccc(=O)[nH]c1=O)Nc1ccc(N2CCN(CCc3ccc(-c4cnc5[nH]cc(C(=O)c6c(F)ccc(NS(=O)(=O)N7CC[C@@H](F)C7)c6F)c5c4)cc3)CC2)cc1F.O=CO. The van der Waals surface area contributed by atoms with Gasteiger partial charge >= 0.3 is 15.9 Å². The average molecular weight is 920 g/mol. The summed E-state index contributed by atoms with van der Waals surface area (Å²) in [5.74, 6) is -4.87. The van der Waals surface area contributed by atoms with E-state index in [0.29, 0.717) is 35.4 Å². The Morgan fingerprint density at radius 2 is 1.63 bits per heavy atom. The second-order valence-electron chi connectivity index (χ2n) is 15.1. The minimum atomic E-state index is -4.37. The summed E-state index contributed by atoms with van der Waals surface area (Å²) >= 11 is 0. The fourth-order valence-electron chi connectivity index (χ4n) is 7.53. The van der Waals surface area contributed by atoms with Gasteiger partial charge in [-0.3, -0.25) is 38.4 Å². The van der Waals surface area contributed by atoms with Crippen LogP contribution in [0.4, 0.5) is 34.6 Å². The third-order valence-electron chi connectivity index (χ3n) is 10.9. The van der Waals surface area contributed by atoms with Gasteiger partial charge in [-0.2, -0.15) is 12.7 Å². The minimum absolute atomic E-state index is 0.00896. The van der Waals surface area contributed by atoms with Crippen LogP contribution in [0.3, 0.4) is 0 Å². The van der Waals surface area contributed by atoms with E-state index in [9.17, 15) is 32.0 Å². The number of carboxylic acid groups (broad SMARTS) is 1. The van der Waals surface area contributed by atoms with Crippen molar-refractivity contribution in [3.63, 3.8) is 0 Å². The number of hydrogen-bond acceptors (Lipinski definition) is 10. The van der Waals surface area contributed by atoms with Gasteiger partial charge in [0.25, 0.3) is 12.0 Å². The first kappa shape index (κ1) is 45.8. The molecule has 22 heteroatoms. The number of anilines is 3. The van der Waals surface area contributed by atoms with Crippen molar-refractivity contribution in [1.82, 2.24) is 28.7 Å². The van der Waals surface area contributed by atoms with Crippen LogP contribution in [0.25, 0.3) is 22.2 Å². The molecule has 5 heterocycles. The second-order valence-corrected chi connectivity index (χ2v) is 16.8. The molecule has 0 aliphatic carbocycles. The number of rotatable bonds is 13. The van der Waals surface area contributed by atoms with Crippen LogP contribution in [0.15, 0.2) is 94.9 Å². The molecule has 0 radical (unpaired) electrons. The van der Waals surface area contributed by atoms with Gasteiger partial charge in [0.15, 0.2) is 5.82 Å². The van der Waals surface area contributed by atoms with Crippen molar-refractivity contribution in [2.45, 2.75) is 25.6 Å². The summed E-state index contributed by atoms with van der Waals surface area (Å²) in [5, 5.41) is 9.65. The molecule has 1 amide bonds. The first-order chi connectivity index (χ1) is 31.1. The topological polar surface area (TPSA) is 223 Å². The molecular weight excluding hydrogens is 879 g/mol. The number of benzene rings is 3. The molecule has 2 fully saturated rings. The van der Waals surface area contributed by atoms with Crippen LogP contribution in [0.1, 0.15) is 27.9 Å². The summed E-state index contributed by atoms with van der Waals surface area (Å²) in [4.78, 5) is 71.3. The molecule has 5 N–H and O–H groups in total. The molecule has 0 saturated carbocycles. The maximum Gasteiger partial charge on any atom is 0.328 e. The summed E-state index contributed by atoms with van der Waals surface area (Å²) in [6.45, 7) is 2.41.